The summed E-state index contributed by atoms with van der Waals surface area (Å²) in [5, 5.41) is 7.69. The van der Waals surface area contributed by atoms with Crippen LogP contribution in [-0.4, -0.2) is 17.9 Å². The standard InChI is InChI=1S/C3H6O3.C2H2/c1-2-6-3(4)5;1-2/h2H2,1H3,(H,4,5);1-2H. The van der Waals surface area contributed by atoms with Gasteiger partial charge in [0, 0.05) is 0 Å². The molecule has 1 N–H and O–H groups in total. The number of carboxylic acid groups (broad SMARTS) is 1. The minimum absolute atomic E-state index is 0.231. The number of rotatable bonds is 1. The van der Waals surface area contributed by atoms with E-state index in [9.17, 15) is 4.79 Å². The van der Waals surface area contributed by atoms with Crippen molar-refractivity contribution in [3.05, 3.63) is 0 Å². The van der Waals surface area contributed by atoms with Crippen molar-refractivity contribution in [2.75, 3.05) is 6.61 Å². The largest absolute Gasteiger partial charge is 0.505 e. The van der Waals surface area contributed by atoms with Crippen LogP contribution in [0, 0.1) is 12.8 Å². The van der Waals surface area contributed by atoms with Crippen molar-refractivity contribution < 1.29 is 14.6 Å². The van der Waals surface area contributed by atoms with E-state index in [1.165, 1.54) is 0 Å². The summed E-state index contributed by atoms with van der Waals surface area (Å²) < 4.78 is 3.96. The molecule has 0 aromatic heterocycles. The zero-order chi connectivity index (χ0) is 6.99. The second kappa shape index (κ2) is 9.27. The molecule has 0 amide bonds. The highest BCUT2D eigenvalue weighted by atomic mass is 16.7. The van der Waals surface area contributed by atoms with Gasteiger partial charge in [-0.05, 0) is 6.92 Å². The van der Waals surface area contributed by atoms with Crippen LogP contribution in [0.3, 0.4) is 0 Å². The van der Waals surface area contributed by atoms with E-state index in [-0.39, 0.29) is 6.61 Å². The first-order valence-electron chi connectivity index (χ1n) is 1.96. The molecule has 3 heteroatoms. The minimum Gasteiger partial charge on any atom is -0.450 e. The monoisotopic (exact) mass is 116 g/mol. The SMILES string of the molecule is C#C.CCOC(=O)O. The Bertz CT molecular complexity index is 75.0. The number of hydrogen-bond acceptors (Lipinski definition) is 2. The molecule has 0 bridgehead atoms. The summed E-state index contributed by atoms with van der Waals surface area (Å²) in [6.07, 6.45) is 6.79. The predicted octanol–water partition coefficient (Wildman–Crippen LogP) is 0.950. The molecule has 0 aliphatic rings. The third-order valence-electron chi connectivity index (χ3n) is 0.268. The average Bonchev–Trinajstić information content (AvgIpc) is 1.72. The van der Waals surface area contributed by atoms with Crippen LogP contribution in [0.5, 0.6) is 0 Å². The molecule has 0 saturated heterocycles. The van der Waals surface area contributed by atoms with Gasteiger partial charge in [0.05, 0.1) is 6.61 Å². The van der Waals surface area contributed by atoms with Gasteiger partial charge in [0.1, 0.15) is 0 Å². The minimum atomic E-state index is -1.21. The van der Waals surface area contributed by atoms with Crippen LogP contribution in [0.1, 0.15) is 6.92 Å². The second-order valence-electron chi connectivity index (χ2n) is 0.699. The summed E-state index contributed by atoms with van der Waals surface area (Å²) in [6, 6.07) is 0. The fourth-order valence-electron chi connectivity index (χ4n) is 0.123. The van der Waals surface area contributed by atoms with E-state index in [1.807, 2.05) is 0 Å². The Morgan fingerprint density at radius 3 is 2.12 bits per heavy atom. The first-order valence-corrected chi connectivity index (χ1v) is 1.96. The Morgan fingerprint density at radius 2 is 2.12 bits per heavy atom. The van der Waals surface area contributed by atoms with Crippen LogP contribution in [0.2, 0.25) is 0 Å². The third-order valence-corrected chi connectivity index (χ3v) is 0.268. The summed E-state index contributed by atoms with van der Waals surface area (Å²) in [7, 11) is 0. The van der Waals surface area contributed by atoms with Crippen molar-refractivity contribution in [2.24, 2.45) is 0 Å². The summed E-state index contributed by atoms with van der Waals surface area (Å²) >= 11 is 0. The molecule has 0 unspecified atom stereocenters. The van der Waals surface area contributed by atoms with Crippen molar-refractivity contribution in [1.82, 2.24) is 0 Å². The number of carbonyl (C=O) groups is 1. The maximum absolute atomic E-state index is 9.38. The maximum Gasteiger partial charge on any atom is 0.505 e. The lowest BCUT2D eigenvalue weighted by Crippen LogP contribution is -1.97. The molecular weight excluding hydrogens is 108 g/mol. The quantitative estimate of drug-likeness (QED) is 0.410. The molecule has 0 aromatic rings. The van der Waals surface area contributed by atoms with Gasteiger partial charge in [0.2, 0.25) is 0 Å². The molecule has 8 heavy (non-hydrogen) atoms. The zero-order valence-electron chi connectivity index (χ0n) is 4.63. The van der Waals surface area contributed by atoms with Gasteiger partial charge in [-0.1, -0.05) is 0 Å². The molecule has 0 fully saturated rings. The van der Waals surface area contributed by atoms with Gasteiger partial charge in [-0.15, -0.1) is 12.8 Å². The summed E-state index contributed by atoms with van der Waals surface area (Å²) in [5.74, 6) is 0. The number of terminal acetylenes is 1. The Kier molecular flexibility index (Phi) is 11.5. The van der Waals surface area contributed by atoms with Crippen molar-refractivity contribution in [2.45, 2.75) is 6.92 Å². The smallest absolute Gasteiger partial charge is 0.450 e. The van der Waals surface area contributed by atoms with Crippen molar-refractivity contribution in [3.8, 4) is 12.8 Å². The van der Waals surface area contributed by atoms with E-state index < -0.39 is 6.16 Å². The Morgan fingerprint density at radius 1 is 1.75 bits per heavy atom. The van der Waals surface area contributed by atoms with Crippen LogP contribution in [0.25, 0.3) is 0 Å². The van der Waals surface area contributed by atoms with Gasteiger partial charge in [-0.3, -0.25) is 0 Å². The fourth-order valence-corrected chi connectivity index (χ4v) is 0.123. The first kappa shape index (κ1) is 9.95. The molecule has 0 aliphatic heterocycles. The van der Waals surface area contributed by atoms with Gasteiger partial charge in [-0.2, -0.15) is 0 Å². The average molecular weight is 116 g/mol. The molecular formula is C5H8O3. The third kappa shape index (κ3) is 21.2. The summed E-state index contributed by atoms with van der Waals surface area (Å²) in [6.45, 7) is 1.85. The maximum atomic E-state index is 9.38. The van der Waals surface area contributed by atoms with E-state index in [0.29, 0.717) is 0 Å². The molecule has 46 valence electrons. The van der Waals surface area contributed by atoms with Crippen molar-refractivity contribution in [1.29, 1.82) is 0 Å². The summed E-state index contributed by atoms with van der Waals surface area (Å²) in [4.78, 5) is 9.38. The van der Waals surface area contributed by atoms with Gasteiger partial charge in [-0.25, -0.2) is 4.79 Å². The van der Waals surface area contributed by atoms with Crippen LogP contribution in [0.4, 0.5) is 4.79 Å². The van der Waals surface area contributed by atoms with E-state index in [0.717, 1.165) is 0 Å². The molecule has 0 aliphatic carbocycles. The molecule has 3 nitrogen and oxygen atoms in total. The van der Waals surface area contributed by atoms with Crippen molar-refractivity contribution >= 4 is 6.16 Å². The molecule has 0 saturated carbocycles. The van der Waals surface area contributed by atoms with E-state index in [1.54, 1.807) is 6.92 Å². The van der Waals surface area contributed by atoms with Gasteiger partial charge >= 0.3 is 6.16 Å². The Balaban J connectivity index is 0. The Labute approximate surface area is 48.3 Å². The number of hydrogen-bond donors (Lipinski definition) is 1. The topological polar surface area (TPSA) is 46.5 Å². The second-order valence-corrected chi connectivity index (χ2v) is 0.699. The molecule has 0 atom stereocenters. The van der Waals surface area contributed by atoms with Crippen LogP contribution in [-0.2, 0) is 4.74 Å². The zero-order valence-corrected chi connectivity index (χ0v) is 4.63. The van der Waals surface area contributed by atoms with Gasteiger partial charge in [0.15, 0.2) is 0 Å². The van der Waals surface area contributed by atoms with Crippen LogP contribution in [0.15, 0.2) is 0 Å². The lowest BCUT2D eigenvalue weighted by Gasteiger charge is -1.87. The fraction of sp³-hybridized carbons (Fsp3) is 0.400. The number of ether oxygens (including phenoxy) is 1. The first-order chi connectivity index (χ1) is 3.77. The molecule has 0 heterocycles. The highest BCUT2D eigenvalue weighted by Gasteiger charge is 1.86. The highest BCUT2D eigenvalue weighted by Crippen LogP contribution is 1.69. The van der Waals surface area contributed by atoms with E-state index in [4.69, 9.17) is 5.11 Å². The molecule has 0 spiro atoms. The molecule has 0 radical (unpaired) electrons. The van der Waals surface area contributed by atoms with Crippen molar-refractivity contribution in [3.63, 3.8) is 0 Å². The highest BCUT2D eigenvalue weighted by molar-refractivity contribution is 5.56. The molecule has 0 aromatic carbocycles. The van der Waals surface area contributed by atoms with Gasteiger partial charge < -0.3 is 9.84 Å². The van der Waals surface area contributed by atoms with E-state index >= 15 is 0 Å². The lowest BCUT2D eigenvalue weighted by atomic mass is 10.9. The van der Waals surface area contributed by atoms with Crippen LogP contribution >= 0.6 is 0 Å². The predicted molar refractivity (Wildman–Crippen MR) is 29.5 cm³/mol. The molecule has 0 rings (SSSR count). The lowest BCUT2D eigenvalue weighted by molar-refractivity contribution is 0.0966. The van der Waals surface area contributed by atoms with E-state index in [2.05, 4.69) is 17.6 Å². The van der Waals surface area contributed by atoms with Crippen LogP contribution < -0.4 is 0 Å². The Hall–Kier alpha value is -1.17. The van der Waals surface area contributed by atoms with Gasteiger partial charge in [0.25, 0.3) is 0 Å². The normalized spacial score (nSPS) is 5.88. The summed E-state index contributed by atoms with van der Waals surface area (Å²) in [5.41, 5.74) is 0.